The molecule has 0 aromatic rings. The monoisotopic (exact) mass is 353 g/mol. The van der Waals surface area contributed by atoms with Crippen LogP contribution < -0.4 is 0 Å². The van der Waals surface area contributed by atoms with Gasteiger partial charge in [-0.15, -0.1) is 0 Å². The van der Waals surface area contributed by atoms with Crippen molar-refractivity contribution in [1.29, 1.82) is 0 Å². The van der Waals surface area contributed by atoms with Gasteiger partial charge in [-0.05, 0) is 50.5 Å². The zero-order valence-electron chi connectivity index (χ0n) is 15.2. The van der Waals surface area contributed by atoms with Crippen LogP contribution in [0, 0.1) is 17.8 Å². The van der Waals surface area contributed by atoms with Gasteiger partial charge in [-0.3, -0.25) is 4.79 Å². The molecule has 1 saturated carbocycles. The van der Waals surface area contributed by atoms with E-state index in [0.717, 1.165) is 12.8 Å². The number of carbonyl (C=O) groups excluding carboxylic acids is 1. The molecule has 1 saturated heterocycles. The minimum Gasteiger partial charge on any atom is -0.459 e. The molecule has 0 unspecified atom stereocenters. The van der Waals surface area contributed by atoms with Crippen molar-refractivity contribution in [3.63, 3.8) is 0 Å². The van der Waals surface area contributed by atoms with Crippen LogP contribution in [-0.2, 0) is 19.0 Å². The quantitative estimate of drug-likeness (QED) is 0.757. The topological polar surface area (TPSA) is 68.2 Å². The first-order valence-electron chi connectivity index (χ1n) is 9.72. The molecule has 0 bridgehead atoms. The first-order valence-corrected chi connectivity index (χ1v) is 9.72. The minimum atomic E-state index is -0.396. The van der Waals surface area contributed by atoms with E-state index in [1.165, 1.54) is 19.3 Å². The summed E-state index contributed by atoms with van der Waals surface area (Å²) in [6, 6.07) is 0. The standard InChI is InChI=1S/C19H31NO5/c1-2-24-19-15(7-4-10-21)16(14-5-3-6-14)13-17(25-19)18(22)20-8-11-23-12-9-20/h13-16,19,21H,2-12H2,1H3/t15-,16-,19-/m1/s1. The number of ether oxygens (including phenoxy) is 3. The number of amides is 1. The van der Waals surface area contributed by atoms with Crippen LogP contribution in [0.1, 0.15) is 39.0 Å². The van der Waals surface area contributed by atoms with Gasteiger partial charge in [0.2, 0.25) is 6.29 Å². The fraction of sp³-hybridized carbons (Fsp3) is 0.842. The first kappa shape index (κ1) is 18.7. The molecule has 1 amide bonds. The van der Waals surface area contributed by atoms with Gasteiger partial charge in [0.1, 0.15) is 0 Å². The highest BCUT2D eigenvalue weighted by Crippen LogP contribution is 2.44. The van der Waals surface area contributed by atoms with Gasteiger partial charge in [-0.1, -0.05) is 6.42 Å². The van der Waals surface area contributed by atoms with Crippen molar-refractivity contribution in [2.45, 2.75) is 45.3 Å². The van der Waals surface area contributed by atoms with E-state index in [1.807, 2.05) is 11.8 Å². The summed E-state index contributed by atoms with van der Waals surface area (Å²) in [5.74, 6) is 1.50. The van der Waals surface area contributed by atoms with E-state index < -0.39 is 6.29 Å². The molecule has 142 valence electrons. The predicted molar refractivity (Wildman–Crippen MR) is 92.6 cm³/mol. The van der Waals surface area contributed by atoms with Crippen molar-refractivity contribution in [3.8, 4) is 0 Å². The predicted octanol–water partition coefficient (Wildman–Crippen LogP) is 1.93. The van der Waals surface area contributed by atoms with Crippen molar-refractivity contribution in [1.82, 2.24) is 4.90 Å². The fourth-order valence-corrected chi connectivity index (χ4v) is 4.06. The van der Waals surface area contributed by atoms with Crippen LogP contribution in [0.3, 0.4) is 0 Å². The van der Waals surface area contributed by atoms with Crippen molar-refractivity contribution in [2.24, 2.45) is 17.8 Å². The molecular formula is C19H31NO5. The summed E-state index contributed by atoms with van der Waals surface area (Å²) in [4.78, 5) is 14.7. The lowest BCUT2D eigenvalue weighted by Gasteiger charge is -2.43. The van der Waals surface area contributed by atoms with E-state index in [0.29, 0.717) is 50.5 Å². The SMILES string of the molecule is CCO[C@@H]1OC(C(=O)N2CCOCC2)=C[C@H](C2CCC2)[C@H]1CCCO. The summed E-state index contributed by atoms with van der Waals surface area (Å²) in [5, 5.41) is 9.25. The zero-order valence-corrected chi connectivity index (χ0v) is 15.2. The van der Waals surface area contributed by atoms with Crippen molar-refractivity contribution < 1.29 is 24.1 Å². The third-order valence-corrected chi connectivity index (χ3v) is 5.66. The van der Waals surface area contributed by atoms with E-state index in [1.54, 1.807) is 0 Å². The number of rotatable bonds is 7. The molecule has 3 rings (SSSR count). The van der Waals surface area contributed by atoms with Gasteiger partial charge >= 0.3 is 0 Å². The second-order valence-corrected chi connectivity index (χ2v) is 7.18. The van der Waals surface area contributed by atoms with Crippen LogP contribution in [0.25, 0.3) is 0 Å². The third-order valence-electron chi connectivity index (χ3n) is 5.66. The second-order valence-electron chi connectivity index (χ2n) is 7.18. The highest BCUT2D eigenvalue weighted by Gasteiger charge is 2.42. The molecule has 1 aliphatic carbocycles. The largest absolute Gasteiger partial charge is 0.459 e. The fourth-order valence-electron chi connectivity index (χ4n) is 4.06. The van der Waals surface area contributed by atoms with Gasteiger partial charge in [0.15, 0.2) is 5.76 Å². The van der Waals surface area contributed by atoms with Gasteiger partial charge in [0.05, 0.1) is 13.2 Å². The van der Waals surface area contributed by atoms with Gasteiger partial charge in [0.25, 0.3) is 5.91 Å². The Morgan fingerprint density at radius 3 is 2.72 bits per heavy atom. The zero-order chi connectivity index (χ0) is 17.6. The average molecular weight is 353 g/mol. The maximum atomic E-state index is 12.9. The number of nitrogens with zero attached hydrogens (tertiary/aromatic N) is 1. The minimum absolute atomic E-state index is 0.0436. The van der Waals surface area contributed by atoms with Crippen LogP contribution >= 0.6 is 0 Å². The number of morpholine rings is 1. The summed E-state index contributed by atoms with van der Waals surface area (Å²) >= 11 is 0. The smallest absolute Gasteiger partial charge is 0.288 e. The van der Waals surface area contributed by atoms with Crippen molar-refractivity contribution in [2.75, 3.05) is 39.5 Å². The first-order chi connectivity index (χ1) is 12.2. The van der Waals surface area contributed by atoms with Crippen LogP contribution in [0.4, 0.5) is 0 Å². The van der Waals surface area contributed by atoms with E-state index in [-0.39, 0.29) is 18.4 Å². The van der Waals surface area contributed by atoms with E-state index in [2.05, 4.69) is 6.08 Å². The van der Waals surface area contributed by atoms with Crippen molar-refractivity contribution in [3.05, 3.63) is 11.8 Å². The van der Waals surface area contributed by atoms with Crippen LogP contribution in [0.5, 0.6) is 0 Å². The highest BCUT2D eigenvalue weighted by molar-refractivity contribution is 5.91. The Morgan fingerprint density at radius 1 is 1.36 bits per heavy atom. The maximum Gasteiger partial charge on any atom is 0.288 e. The molecule has 2 heterocycles. The summed E-state index contributed by atoms with van der Waals surface area (Å²) in [7, 11) is 0. The van der Waals surface area contributed by atoms with E-state index in [9.17, 15) is 9.90 Å². The molecule has 2 fully saturated rings. The summed E-state index contributed by atoms with van der Waals surface area (Å²) in [6.07, 6.45) is 6.92. The molecule has 0 spiro atoms. The van der Waals surface area contributed by atoms with E-state index >= 15 is 0 Å². The molecule has 3 aliphatic rings. The van der Waals surface area contributed by atoms with Crippen LogP contribution in [0.15, 0.2) is 11.8 Å². The molecular weight excluding hydrogens is 322 g/mol. The molecule has 3 atom stereocenters. The van der Waals surface area contributed by atoms with Crippen LogP contribution in [0.2, 0.25) is 0 Å². The lowest BCUT2D eigenvalue weighted by Crippen LogP contribution is -2.46. The van der Waals surface area contributed by atoms with Crippen LogP contribution in [-0.4, -0.2) is 61.7 Å². The molecule has 0 aromatic heterocycles. The van der Waals surface area contributed by atoms with Gasteiger partial charge in [-0.2, -0.15) is 0 Å². The lowest BCUT2D eigenvalue weighted by molar-refractivity contribution is -0.182. The van der Waals surface area contributed by atoms with Gasteiger partial charge < -0.3 is 24.2 Å². The Hall–Kier alpha value is -1.11. The number of carbonyl (C=O) groups is 1. The summed E-state index contributed by atoms with van der Waals surface area (Å²) < 4.78 is 17.2. The highest BCUT2D eigenvalue weighted by atomic mass is 16.7. The Balaban J connectivity index is 1.79. The van der Waals surface area contributed by atoms with E-state index in [4.69, 9.17) is 14.2 Å². The Labute approximate surface area is 150 Å². The molecule has 1 N–H and O–H groups in total. The number of aliphatic hydroxyl groups is 1. The molecule has 6 heteroatoms. The molecule has 6 nitrogen and oxygen atoms in total. The number of hydrogen-bond acceptors (Lipinski definition) is 5. The van der Waals surface area contributed by atoms with Crippen molar-refractivity contribution >= 4 is 5.91 Å². The lowest BCUT2D eigenvalue weighted by atomic mass is 9.68. The third kappa shape index (κ3) is 4.36. The number of hydrogen-bond donors (Lipinski definition) is 1. The summed E-state index contributed by atoms with van der Waals surface area (Å²) in [6.45, 7) is 5.07. The Morgan fingerprint density at radius 2 is 2.12 bits per heavy atom. The number of allylic oxidation sites excluding steroid dienone is 1. The molecule has 2 aliphatic heterocycles. The van der Waals surface area contributed by atoms with Gasteiger partial charge in [-0.25, -0.2) is 0 Å². The summed E-state index contributed by atoms with van der Waals surface area (Å²) in [5.41, 5.74) is 0. The normalized spacial score (nSPS) is 30.4. The second kappa shape index (κ2) is 9.01. The molecule has 0 aromatic carbocycles. The Kier molecular flexibility index (Phi) is 6.73. The molecule has 0 radical (unpaired) electrons. The number of aliphatic hydroxyl groups excluding tert-OH is 1. The maximum absolute atomic E-state index is 12.9. The molecule has 25 heavy (non-hydrogen) atoms. The van der Waals surface area contributed by atoms with Gasteiger partial charge in [0, 0.05) is 32.2 Å². The average Bonchev–Trinajstić information content (AvgIpc) is 2.60. The Bertz CT molecular complexity index is 470.